The summed E-state index contributed by atoms with van der Waals surface area (Å²) < 4.78 is 0. The number of carbonyl (C=O) groups is 1. The lowest BCUT2D eigenvalue weighted by atomic mass is 10.0. The summed E-state index contributed by atoms with van der Waals surface area (Å²) in [6.45, 7) is 1.51. The Morgan fingerprint density at radius 2 is 2.07 bits per heavy atom. The molecule has 0 saturated carbocycles. The third-order valence-corrected chi connectivity index (χ3v) is 2.23. The summed E-state index contributed by atoms with van der Waals surface area (Å²) in [4.78, 5) is 10.9. The van der Waals surface area contributed by atoms with E-state index in [1.807, 2.05) is 30.3 Å². The summed E-state index contributed by atoms with van der Waals surface area (Å²) in [5, 5.41) is 2.68. The standard InChI is InChI=1S/C11H16N3O/c1-8(15)14-10(7-12)11(13)9-5-3-2-4-6-9/h2-6,10-12H,7,13H2,1H3,(H,14,15). The lowest BCUT2D eigenvalue weighted by Crippen LogP contribution is -2.44. The highest BCUT2D eigenvalue weighted by Crippen LogP contribution is 2.13. The number of amides is 1. The molecule has 0 aliphatic rings. The number of rotatable bonds is 4. The van der Waals surface area contributed by atoms with Gasteiger partial charge in [-0.05, 0) is 5.56 Å². The molecule has 2 atom stereocenters. The molecule has 4 N–H and O–H groups in total. The van der Waals surface area contributed by atoms with Crippen LogP contribution in [0.5, 0.6) is 0 Å². The van der Waals surface area contributed by atoms with Crippen LogP contribution in [-0.2, 0) is 4.79 Å². The Morgan fingerprint density at radius 1 is 1.47 bits per heavy atom. The largest absolute Gasteiger partial charge is 0.350 e. The van der Waals surface area contributed by atoms with E-state index in [9.17, 15) is 4.79 Å². The smallest absolute Gasteiger partial charge is 0.217 e. The summed E-state index contributed by atoms with van der Waals surface area (Å²) in [5.41, 5.74) is 14.2. The molecule has 0 aliphatic carbocycles. The fourth-order valence-corrected chi connectivity index (χ4v) is 1.44. The van der Waals surface area contributed by atoms with Crippen LogP contribution in [0.15, 0.2) is 30.3 Å². The predicted octanol–water partition coefficient (Wildman–Crippen LogP) is 0.474. The van der Waals surface area contributed by atoms with E-state index in [-0.39, 0.29) is 24.5 Å². The normalized spacial score (nSPS) is 14.3. The fraction of sp³-hybridized carbons (Fsp3) is 0.364. The van der Waals surface area contributed by atoms with Crippen molar-refractivity contribution in [1.82, 2.24) is 11.1 Å². The Morgan fingerprint density at radius 3 is 2.53 bits per heavy atom. The molecule has 0 aromatic heterocycles. The monoisotopic (exact) mass is 206 g/mol. The number of hydrogen-bond acceptors (Lipinski definition) is 2. The highest BCUT2D eigenvalue weighted by molar-refractivity contribution is 5.73. The number of nitrogens with one attached hydrogen (secondary N) is 2. The average molecular weight is 206 g/mol. The van der Waals surface area contributed by atoms with Gasteiger partial charge in [0.1, 0.15) is 0 Å². The zero-order chi connectivity index (χ0) is 11.3. The van der Waals surface area contributed by atoms with Crippen LogP contribution in [-0.4, -0.2) is 18.5 Å². The van der Waals surface area contributed by atoms with E-state index in [2.05, 4.69) is 5.32 Å². The van der Waals surface area contributed by atoms with E-state index in [0.29, 0.717) is 0 Å². The minimum Gasteiger partial charge on any atom is -0.350 e. The van der Waals surface area contributed by atoms with E-state index in [1.165, 1.54) is 6.92 Å². The van der Waals surface area contributed by atoms with E-state index in [0.717, 1.165) is 5.56 Å². The molecule has 0 spiro atoms. The molecule has 0 bridgehead atoms. The molecule has 1 aromatic carbocycles. The summed E-state index contributed by atoms with van der Waals surface area (Å²) in [5.74, 6) is -0.154. The molecule has 4 nitrogen and oxygen atoms in total. The SMILES string of the molecule is CC(=O)NC(C[NH])C(N)c1ccccc1. The molecule has 4 heteroatoms. The topological polar surface area (TPSA) is 78.9 Å². The second-order valence-electron chi connectivity index (χ2n) is 3.45. The number of carbonyl (C=O) groups excluding carboxylic acids is 1. The molecule has 1 rings (SSSR count). The minimum atomic E-state index is -0.329. The first kappa shape index (κ1) is 11.7. The van der Waals surface area contributed by atoms with Crippen molar-refractivity contribution in [1.29, 1.82) is 0 Å². The Balaban J connectivity index is 2.73. The maximum Gasteiger partial charge on any atom is 0.217 e. The lowest BCUT2D eigenvalue weighted by molar-refractivity contribution is -0.119. The van der Waals surface area contributed by atoms with Gasteiger partial charge < -0.3 is 11.1 Å². The zero-order valence-electron chi connectivity index (χ0n) is 8.73. The maximum atomic E-state index is 10.9. The summed E-state index contributed by atoms with van der Waals surface area (Å²) in [6, 6.07) is 8.83. The molecule has 81 valence electrons. The zero-order valence-corrected chi connectivity index (χ0v) is 8.73. The van der Waals surface area contributed by atoms with Gasteiger partial charge in [0, 0.05) is 13.5 Å². The molecular weight excluding hydrogens is 190 g/mol. The van der Waals surface area contributed by atoms with Crippen LogP contribution in [0.1, 0.15) is 18.5 Å². The summed E-state index contributed by atoms with van der Waals surface area (Å²) in [7, 11) is 0. The van der Waals surface area contributed by atoms with Gasteiger partial charge in [-0.1, -0.05) is 30.3 Å². The number of benzene rings is 1. The second kappa shape index (κ2) is 5.48. The molecule has 1 radical (unpaired) electrons. The van der Waals surface area contributed by atoms with Gasteiger partial charge in [-0.3, -0.25) is 10.5 Å². The van der Waals surface area contributed by atoms with Crippen LogP contribution >= 0.6 is 0 Å². The summed E-state index contributed by atoms with van der Waals surface area (Å²) in [6.07, 6.45) is 0. The maximum absolute atomic E-state index is 10.9. The molecule has 1 aromatic rings. The van der Waals surface area contributed by atoms with E-state index in [4.69, 9.17) is 11.5 Å². The first-order valence-corrected chi connectivity index (χ1v) is 4.87. The van der Waals surface area contributed by atoms with Crippen molar-refractivity contribution in [2.45, 2.75) is 19.0 Å². The van der Waals surface area contributed by atoms with Crippen LogP contribution < -0.4 is 16.8 Å². The van der Waals surface area contributed by atoms with E-state index >= 15 is 0 Å². The average Bonchev–Trinajstić information content (AvgIpc) is 2.26. The first-order chi connectivity index (χ1) is 7.15. The predicted molar refractivity (Wildman–Crippen MR) is 58.9 cm³/mol. The van der Waals surface area contributed by atoms with Gasteiger partial charge in [-0.2, -0.15) is 0 Å². The molecule has 0 aliphatic heterocycles. The van der Waals surface area contributed by atoms with Gasteiger partial charge in [0.15, 0.2) is 0 Å². The van der Waals surface area contributed by atoms with E-state index < -0.39 is 0 Å². The van der Waals surface area contributed by atoms with Gasteiger partial charge in [0.05, 0.1) is 12.1 Å². The molecule has 0 saturated heterocycles. The van der Waals surface area contributed by atoms with Gasteiger partial charge in [0.2, 0.25) is 5.91 Å². The van der Waals surface area contributed by atoms with Crippen LogP contribution in [0.4, 0.5) is 0 Å². The quantitative estimate of drug-likeness (QED) is 0.751. The Kier molecular flexibility index (Phi) is 4.27. The van der Waals surface area contributed by atoms with Crippen molar-refractivity contribution in [2.75, 3.05) is 6.54 Å². The highest BCUT2D eigenvalue weighted by atomic mass is 16.1. The highest BCUT2D eigenvalue weighted by Gasteiger charge is 2.18. The van der Waals surface area contributed by atoms with Crippen molar-refractivity contribution in [3.05, 3.63) is 35.9 Å². The second-order valence-corrected chi connectivity index (χ2v) is 3.45. The van der Waals surface area contributed by atoms with Crippen LogP contribution in [0.3, 0.4) is 0 Å². The van der Waals surface area contributed by atoms with Gasteiger partial charge in [-0.25, -0.2) is 0 Å². The van der Waals surface area contributed by atoms with Crippen LogP contribution in [0.2, 0.25) is 0 Å². The molecular formula is C11H16N3O. The molecule has 0 heterocycles. The van der Waals surface area contributed by atoms with Gasteiger partial charge >= 0.3 is 0 Å². The summed E-state index contributed by atoms with van der Waals surface area (Å²) >= 11 is 0. The molecule has 15 heavy (non-hydrogen) atoms. The fourth-order valence-electron chi connectivity index (χ4n) is 1.44. The van der Waals surface area contributed by atoms with Gasteiger partial charge in [0.25, 0.3) is 0 Å². The molecule has 0 fully saturated rings. The van der Waals surface area contributed by atoms with Crippen molar-refractivity contribution >= 4 is 5.91 Å². The first-order valence-electron chi connectivity index (χ1n) is 4.87. The Bertz CT molecular complexity index is 313. The number of nitrogens with two attached hydrogens (primary N) is 1. The van der Waals surface area contributed by atoms with Crippen molar-refractivity contribution in [3.8, 4) is 0 Å². The van der Waals surface area contributed by atoms with Crippen LogP contribution in [0.25, 0.3) is 0 Å². The van der Waals surface area contributed by atoms with Crippen molar-refractivity contribution < 1.29 is 4.79 Å². The minimum absolute atomic E-state index is 0.0790. The van der Waals surface area contributed by atoms with Crippen molar-refractivity contribution in [3.63, 3.8) is 0 Å². The van der Waals surface area contributed by atoms with Gasteiger partial charge in [-0.15, -0.1) is 0 Å². The lowest BCUT2D eigenvalue weighted by Gasteiger charge is -2.23. The molecule has 2 unspecified atom stereocenters. The molecule has 1 amide bonds. The van der Waals surface area contributed by atoms with E-state index in [1.54, 1.807) is 0 Å². The third kappa shape index (κ3) is 3.34. The number of hydrogen-bond donors (Lipinski definition) is 2. The third-order valence-electron chi connectivity index (χ3n) is 2.23. The van der Waals surface area contributed by atoms with Crippen molar-refractivity contribution in [2.24, 2.45) is 5.73 Å². The van der Waals surface area contributed by atoms with Crippen LogP contribution in [0, 0.1) is 0 Å². The Hall–Kier alpha value is -1.39. The Labute approximate surface area is 89.6 Å².